The van der Waals surface area contributed by atoms with Gasteiger partial charge < -0.3 is 14.9 Å². The largest absolute Gasteiger partial charge is 0.465 e. The third kappa shape index (κ3) is 3.44. The minimum Gasteiger partial charge on any atom is -0.465 e. The van der Waals surface area contributed by atoms with E-state index in [0.29, 0.717) is 12.1 Å². The summed E-state index contributed by atoms with van der Waals surface area (Å²) in [5.41, 5.74) is 1.89. The van der Waals surface area contributed by atoms with Crippen LogP contribution in [0.2, 0.25) is 0 Å². The van der Waals surface area contributed by atoms with E-state index in [1.807, 2.05) is 54.6 Å². The number of carbonyl (C=O) groups excluding carboxylic acids is 2. The van der Waals surface area contributed by atoms with Gasteiger partial charge in [0.25, 0.3) is 5.91 Å². The normalized spacial score (nSPS) is 15.6. The molecule has 1 aliphatic rings. The van der Waals surface area contributed by atoms with Crippen LogP contribution in [-0.2, 0) is 14.4 Å². The lowest BCUT2D eigenvalue weighted by Gasteiger charge is -2.11. The van der Waals surface area contributed by atoms with Crippen molar-refractivity contribution in [3.63, 3.8) is 0 Å². The van der Waals surface area contributed by atoms with Gasteiger partial charge in [-0.3, -0.25) is 4.79 Å². The van der Waals surface area contributed by atoms with Crippen molar-refractivity contribution in [2.45, 2.75) is 12.5 Å². The van der Waals surface area contributed by atoms with E-state index in [4.69, 9.17) is 9.57 Å². The highest BCUT2D eigenvalue weighted by Gasteiger charge is 2.28. The summed E-state index contributed by atoms with van der Waals surface area (Å²) in [5, 5.41) is 8.50. The second-order valence-electron chi connectivity index (χ2n) is 6.44. The average molecular weight is 374 g/mol. The Hall–Kier alpha value is -3.67. The van der Waals surface area contributed by atoms with Crippen molar-refractivity contribution in [3.8, 4) is 0 Å². The number of anilines is 1. The molecule has 3 aromatic carbocycles. The van der Waals surface area contributed by atoms with E-state index in [0.717, 1.165) is 16.3 Å². The standard InChI is InChI=1S/C22H18N2O4/c1-27-22(26)17-11-15-9-5-6-10-16(15)12-18(17)23-21(25)19-13-20(28-24-19)14-7-3-2-4-8-14/h2-12,20H,13H2,1H3,(H,23,25)/t20-/m0/s1. The third-order valence-corrected chi connectivity index (χ3v) is 4.64. The molecule has 1 amide bonds. The van der Waals surface area contributed by atoms with Crippen LogP contribution < -0.4 is 5.32 Å². The Bertz CT molecular complexity index is 1080. The monoisotopic (exact) mass is 374 g/mol. The number of hydrogen-bond acceptors (Lipinski definition) is 5. The maximum Gasteiger partial charge on any atom is 0.339 e. The van der Waals surface area contributed by atoms with Crippen LogP contribution in [0.4, 0.5) is 5.69 Å². The smallest absolute Gasteiger partial charge is 0.339 e. The van der Waals surface area contributed by atoms with E-state index in [-0.39, 0.29) is 17.4 Å². The summed E-state index contributed by atoms with van der Waals surface area (Å²) in [5.74, 6) is -0.924. The lowest BCUT2D eigenvalue weighted by atomic mass is 10.0. The molecule has 0 spiro atoms. The molecule has 1 heterocycles. The SMILES string of the molecule is COC(=O)c1cc2ccccc2cc1NC(=O)C1=NO[C@H](c2ccccc2)C1. The van der Waals surface area contributed by atoms with Gasteiger partial charge in [0.2, 0.25) is 0 Å². The lowest BCUT2D eigenvalue weighted by Crippen LogP contribution is -2.23. The van der Waals surface area contributed by atoms with Crippen molar-refractivity contribution in [1.82, 2.24) is 0 Å². The van der Waals surface area contributed by atoms with E-state index in [1.54, 1.807) is 12.1 Å². The van der Waals surface area contributed by atoms with E-state index < -0.39 is 11.9 Å². The molecular weight excluding hydrogens is 356 g/mol. The molecule has 0 bridgehead atoms. The number of hydrogen-bond donors (Lipinski definition) is 1. The highest BCUT2D eigenvalue weighted by molar-refractivity contribution is 6.43. The zero-order valence-electron chi connectivity index (χ0n) is 15.2. The molecule has 6 nitrogen and oxygen atoms in total. The van der Waals surface area contributed by atoms with Crippen LogP contribution in [0.3, 0.4) is 0 Å². The minimum absolute atomic E-state index is 0.276. The molecule has 0 unspecified atom stereocenters. The van der Waals surface area contributed by atoms with E-state index in [1.165, 1.54) is 7.11 Å². The zero-order chi connectivity index (χ0) is 19.5. The number of methoxy groups -OCH3 is 1. The molecule has 1 atom stereocenters. The average Bonchev–Trinajstić information content (AvgIpc) is 3.24. The fourth-order valence-electron chi connectivity index (χ4n) is 3.17. The molecule has 0 saturated carbocycles. The maximum absolute atomic E-state index is 12.7. The Morgan fingerprint density at radius 3 is 2.43 bits per heavy atom. The van der Waals surface area contributed by atoms with Crippen molar-refractivity contribution < 1.29 is 19.2 Å². The number of nitrogens with zero attached hydrogens (tertiary/aromatic N) is 1. The molecule has 140 valence electrons. The van der Waals surface area contributed by atoms with Crippen LogP contribution >= 0.6 is 0 Å². The Kier molecular flexibility index (Phi) is 4.76. The number of amides is 1. The Morgan fingerprint density at radius 1 is 1.04 bits per heavy atom. The van der Waals surface area contributed by atoms with E-state index >= 15 is 0 Å². The highest BCUT2D eigenvalue weighted by atomic mass is 16.6. The number of benzene rings is 3. The molecule has 0 saturated heterocycles. The van der Waals surface area contributed by atoms with Crippen LogP contribution in [0.15, 0.2) is 71.9 Å². The first-order valence-electron chi connectivity index (χ1n) is 8.86. The molecule has 3 aromatic rings. The van der Waals surface area contributed by atoms with E-state index in [9.17, 15) is 9.59 Å². The number of ether oxygens (including phenoxy) is 1. The quantitative estimate of drug-likeness (QED) is 0.698. The number of nitrogens with one attached hydrogen (secondary N) is 1. The van der Waals surface area contributed by atoms with Crippen molar-refractivity contribution in [2.24, 2.45) is 5.16 Å². The first-order valence-corrected chi connectivity index (χ1v) is 8.86. The molecule has 1 N–H and O–H groups in total. The van der Waals surface area contributed by atoms with Gasteiger partial charge in [0.05, 0.1) is 18.4 Å². The molecule has 0 fully saturated rings. The van der Waals surface area contributed by atoms with Gasteiger partial charge in [-0.15, -0.1) is 0 Å². The van der Waals surface area contributed by atoms with Crippen LogP contribution in [0, 0.1) is 0 Å². The van der Waals surface area contributed by atoms with Crippen molar-refractivity contribution in [3.05, 3.63) is 77.9 Å². The number of fused-ring (bicyclic) bond motifs is 1. The summed E-state index contributed by atoms with van der Waals surface area (Å²) in [6.45, 7) is 0. The van der Waals surface area contributed by atoms with Crippen LogP contribution in [0.5, 0.6) is 0 Å². The van der Waals surface area contributed by atoms with Gasteiger partial charge in [-0.05, 0) is 28.5 Å². The number of oxime groups is 1. The Balaban J connectivity index is 1.57. The third-order valence-electron chi connectivity index (χ3n) is 4.64. The molecule has 0 aliphatic carbocycles. The number of rotatable bonds is 4. The molecular formula is C22H18N2O4. The summed E-state index contributed by atoms with van der Waals surface area (Å²) in [4.78, 5) is 30.3. The fourth-order valence-corrected chi connectivity index (χ4v) is 3.17. The molecule has 0 aromatic heterocycles. The van der Waals surface area contributed by atoms with Gasteiger partial charge in [-0.25, -0.2) is 4.79 Å². The van der Waals surface area contributed by atoms with Crippen LogP contribution in [-0.4, -0.2) is 24.7 Å². The van der Waals surface area contributed by atoms with Gasteiger partial charge in [-0.1, -0.05) is 59.8 Å². The van der Waals surface area contributed by atoms with Crippen molar-refractivity contribution in [1.29, 1.82) is 0 Å². The van der Waals surface area contributed by atoms with Crippen molar-refractivity contribution in [2.75, 3.05) is 12.4 Å². The van der Waals surface area contributed by atoms with Crippen LogP contribution in [0.1, 0.15) is 28.4 Å². The maximum atomic E-state index is 12.7. The lowest BCUT2D eigenvalue weighted by molar-refractivity contribution is -0.110. The second-order valence-corrected chi connectivity index (χ2v) is 6.44. The van der Waals surface area contributed by atoms with Gasteiger partial charge in [-0.2, -0.15) is 0 Å². The Morgan fingerprint density at radius 2 is 1.71 bits per heavy atom. The fraction of sp³-hybridized carbons (Fsp3) is 0.136. The summed E-state index contributed by atoms with van der Waals surface area (Å²) >= 11 is 0. The molecule has 1 aliphatic heterocycles. The first-order chi connectivity index (χ1) is 13.7. The predicted molar refractivity (Wildman–Crippen MR) is 106 cm³/mol. The zero-order valence-corrected chi connectivity index (χ0v) is 15.2. The topological polar surface area (TPSA) is 77.0 Å². The summed E-state index contributed by atoms with van der Waals surface area (Å²) < 4.78 is 4.86. The predicted octanol–water partition coefficient (Wildman–Crippen LogP) is 4.08. The van der Waals surface area contributed by atoms with Crippen LogP contribution in [0.25, 0.3) is 10.8 Å². The number of carbonyl (C=O) groups is 2. The molecule has 28 heavy (non-hydrogen) atoms. The Labute approximate surface area is 161 Å². The number of esters is 1. The van der Waals surface area contributed by atoms with Gasteiger partial charge in [0, 0.05) is 6.42 Å². The molecule has 0 radical (unpaired) electrons. The summed E-state index contributed by atoms with van der Waals surface area (Å²) in [6.07, 6.45) is 0.0652. The van der Waals surface area contributed by atoms with Gasteiger partial charge in [0.1, 0.15) is 5.71 Å². The summed E-state index contributed by atoms with van der Waals surface area (Å²) in [6, 6.07) is 20.6. The van der Waals surface area contributed by atoms with Gasteiger partial charge >= 0.3 is 5.97 Å². The molecule has 6 heteroatoms. The second kappa shape index (κ2) is 7.52. The van der Waals surface area contributed by atoms with E-state index in [2.05, 4.69) is 10.5 Å². The minimum atomic E-state index is -0.521. The highest BCUT2D eigenvalue weighted by Crippen LogP contribution is 2.29. The van der Waals surface area contributed by atoms with Crippen molar-refractivity contribution >= 4 is 34.0 Å². The molecule has 4 rings (SSSR count). The summed E-state index contributed by atoms with van der Waals surface area (Å²) in [7, 11) is 1.31. The first kappa shape index (κ1) is 17.7. The van der Waals surface area contributed by atoms with Gasteiger partial charge in [0.15, 0.2) is 6.10 Å².